The van der Waals surface area contributed by atoms with Crippen LogP contribution in [0.4, 0.5) is 0 Å². The molecular formula is C35H39N5O4. The molecule has 1 heterocycles. The van der Waals surface area contributed by atoms with Crippen molar-refractivity contribution in [2.75, 3.05) is 6.61 Å². The first-order valence-corrected chi connectivity index (χ1v) is 14.6. The van der Waals surface area contributed by atoms with Crippen LogP contribution in [-0.2, 0) is 35.5 Å². The summed E-state index contributed by atoms with van der Waals surface area (Å²) in [6, 6.07) is 23.2. The van der Waals surface area contributed by atoms with Gasteiger partial charge in [0.05, 0.1) is 12.5 Å². The van der Waals surface area contributed by atoms with Gasteiger partial charge in [-0.05, 0) is 77.9 Å². The SMILES string of the molecule is CCOc1ccc(C[C@@H](C(=O)N[C@@H](Cc2cccnc2)C(=O)NCc2ccc(CN)cc2)c2cccc(C(N)=O)c2C)cc1. The average Bonchev–Trinajstić information content (AvgIpc) is 3.04. The number of carbonyl (C=O) groups excluding carboxylic acids is 3. The smallest absolute Gasteiger partial charge is 0.248 e. The molecule has 44 heavy (non-hydrogen) atoms. The van der Waals surface area contributed by atoms with E-state index in [0.717, 1.165) is 28.0 Å². The number of hydrogen-bond acceptors (Lipinski definition) is 6. The van der Waals surface area contributed by atoms with Crippen molar-refractivity contribution in [2.45, 2.75) is 51.7 Å². The molecule has 9 nitrogen and oxygen atoms in total. The molecule has 2 atom stereocenters. The van der Waals surface area contributed by atoms with Crippen LogP contribution >= 0.6 is 0 Å². The molecule has 4 rings (SSSR count). The van der Waals surface area contributed by atoms with E-state index in [-0.39, 0.29) is 18.2 Å². The molecule has 1 aromatic heterocycles. The number of nitrogens with zero attached hydrogens (tertiary/aromatic N) is 1. The summed E-state index contributed by atoms with van der Waals surface area (Å²) in [5, 5.41) is 5.97. The van der Waals surface area contributed by atoms with E-state index < -0.39 is 17.9 Å². The Morgan fingerprint density at radius 3 is 2.18 bits per heavy atom. The molecule has 228 valence electrons. The minimum Gasteiger partial charge on any atom is -0.494 e. The van der Waals surface area contributed by atoms with Gasteiger partial charge in [-0.3, -0.25) is 19.4 Å². The van der Waals surface area contributed by atoms with Gasteiger partial charge in [-0.2, -0.15) is 0 Å². The van der Waals surface area contributed by atoms with Crippen LogP contribution in [0.1, 0.15) is 56.6 Å². The maximum atomic E-state index is 14.1. The van der Waals surface area contributed by atoms with E-state index in [4.69, 9.17) is 16.2 Å². The van der Waals surface area contributed by atoms with E-state index in [1.54, 1.807) is 37.5 Å². The molecule has 9 heteroatoms. The number of carbonyl (C=O) groups is 3. The maximum Gasteiger partial charge on any atom is 0.248 e. The van der Waals surface area contributed by atoms with Crippen LogP contribution in [0.5, 0.6) is 5.75 Å². The molecule has 0 aliphatic heterocycles. The van der Waals surface area contributed by atoms with Gasteiger partial charge in [0, 0.05) is 37.5 Å². The summed E-state index contributed by atoms with van der Waals surface area (Å²) in [5.41, 5.74) is 16.6. The van der Waals surface area contributed by atoms with Gasteiger partial charge < -0.3 is 26.8 Å². The number of amides is 3. The van der Waals surface area contributed by atoms with E-state index in [1.807, 2.05) is 67.6 Å². The first-order valence-electron chi connectivity index (χ1n) is 14.6. The molecule has 0 aliphatic carbocycles. The van der Waals surface area contributed by atoms with E-state index >= 15 is 0 Å². The molecule has 0 unspecified atom stereocenters. The summed E-state index contributed by atoms with van der Waals surface area (Å²) in [6.45, 7) is 4.97. The highest BCUT2D eigenvalue weighted by atomic mass is 16.5. The van der Waals surface area contributed by atoms with Crippen molar-refractivity contribution >= 4 is 17.7 Å². The zero-order valence-electron chi connectivity index (χ0n) is 25.1. The van der Waals surface area contributed by atoms with E-state index in [0.29, 0.717) is 42.8 Å². The summed E-state index contributed by atoms with van der Waals surface area (Å²) in [7, 11) is 0. The van der Waals surface area contributed by atoms with Crippen LogP contribution in [-0.4, -0.2) is 35.4 Å². The number of pyridine rings is 1. The van der Waals surface area contributed by atoms with Crippen molar-refractivity contribution in [2.24, 2.45) is 11.5 Å². The standard InChI is InChI=1S/C35H39N5O4/c1-3-44-28-15-13-24(14-16-28)18-31(29-7-4-8-30(23(29)2)33(37)41)34(42)40-32(19-27-6-5-17-38-21-27)35(43)39-22-26-11-9-25(20-36)10-12-26/h4-17,21,31-32H,3,18-20,22,36H2,1-2H3,(H2,37,41)(H,39,43)(H,40,42)/t31-,32+/m1/s1. The Labute approximate surface area is 258 Å². The normalized spacial score (nSPS) is 12.2. The molecule has 0 aliphatic rings. The van der Waals surface area contributed by atoms with Crippen molar-refractivity contribution < 1.29 is 19.1 Å². The molecule has 0 fully saturated rings. The molecule has 0 saturated carbocycles. The summed E-state index contributed by atoms with van der Waals surface area (Å²) in [6.07, 6.45) is 3.91. The number of rotatable bonds is 14. The largest absolute Gasteiger partial charge is 0.494 e. The first kappa shape index (κ1) is 31.9. The molecule has 0 radical (unpaired) electrons. The minimum absolute atomic E-state index is 0.244. The van der Waals surface area contributed by atoms with E-state index in [1.165, 1.54) is 0 Å². The fraction of sp³-hybridized carbons (Fsp3) is 0.257. The highest BCUT2D eigenvalue weighted by Crippen LogP contribution is 2.28. The molecular weight excluding hydrogens is 554 g/mol. The van der Waals surface area contributed by atoms with Crippen LogP contribution in [0.3, 0.4) is 0 Å². The van der Waals surface area contributed by atoms with Crippen LogP contribution in [0.25, 0.3) is 0 Å². The molecule has 3 aromatic carbocycles. The van der Waals surface area contributed by atoms with Crippen molar-refractivity contribution in [1.82, 2.24) is 15.6 Å². The predicted molar refractivity (Wildman–Crippen MR) is 170 cm³/mol. The summed E-state index contributed by atoms with van der Waals surface area (Å²) < 4.78 is 5.58. The van der Waals surface area contributed by atoms with Gasteiger partial charge in [-0.1, -0.05) is 54.6 Å². The Hall–Kier alpha value is -5.02. The number of nitrogens with two attached hydrogens (primary N) is 2. The fourth-order valence-corrected chi connectivity index (χ4v) is 5.11. The highest BCUT2D eigenvalue weighted by Gasteiger charge is 2.29. The van der Waals surface area contributed by atoms with Crippen molar-refractivity contribution in [3.63, 3.8) is 0 Å². The van der Waals surface area contributed by atoms with Gasteiger partial charge in [0.25, 0.3) is 0 Å². The van der Waals surface area contributed by atoms with E-state index in [9.17, 15) is 14.4 Å². The Bertz CT molecular complexity index is 1560. The molecule has 3 amide bonds. The van der Waals surface area contributed by atoms with Gasteiger partial charge in [0.1, 0.15) is 11.8 Å². The zero-order valence-corrected chi connectivity index (χ0v) is 25.1. The third-order valence-electron chi connectivity index (χ3n) is 7.53. The van der Waals surface area contributed by atoms with Crippen LogP contribution in [0.2, 0.25) is 0 Å². The number of hydrogen-bond donors (Lipinski definition) is 4. The fourth-order valence-electron chi connectivity index (χ4n) is 5.11. The quantitative estimate of drug-likeness (QED) is 0.175. The van der Waals surface area contributed by atoms with Crippen molar-refractivity contribution in [1.29, 1.82) is 0 Å². The van der Waals surface area contributed by atoms with Crippen LogP contribution in [0.15, 0.2) is 91.3 Å². The Morgan fingerprint density at radius 1 is 0.841 bits per heavy atom. The minimum atomic E-state index is -0.877. The molecule has 0 saturated heterocycles. The Kier molecular flexibility index (Phi) is 11.2. The van der Waals surface area contributed by atoms with Gasteiger partial charge >= 0.3 is 0 Å². The number of ether oxygens (including phenoxy) is 1. The number of benzene rings is 3. The number of nitrogens with one attached hydrogen (secondary N) is 2. The van der Waals surface area contributed by atoms with E-state index in [2.05, 4.69) is 15.6 Å². The number of primary amides is 1. The lowest BCUT2D eigenvalue weighted by Crippen LogP contribution is -2.49. The highest BCUT2D eigenvalue weighted by molar-refractivity contribution is 5.96. The second-order valence-corrected chi connectivity index (χ2v) is 10.6. The molecule has 0 spiro atoms. The zero-order chi connectivity index (χ0) is 31.5. The Balaban J connectivity index is 1.62. The van der Waals surface area contributed by atoms with Crippen molar-refractivity contribution in [3.05, 3.63) is 130 Å². The molecule has 0 bridgehead atoms. The number of aromatic nitrogens is 1. The first-order chi connectivity index (χ1) is 21.3. The summed E-state index contributed by atoms with van der Waals surface area (Å²) in [4.78, 5) is 44.0. The van der Waals surface area contributed by atoms with Gasteiger partial charge in [-0.25, -0.2) is 0 Å². The molecule has 6 N–H and O–H groups in total. The summed E-state index contributed by atoms with van der Waals surface area (Å²) in [5.74, 6) is -1.22. The lowest BCUT2D eigenvalue weighted by atomic mass is 9.86. The van der Waals surface area contributed by atoms with Crippen LogP contribution in [0, 0.1) is 6.92 Å². The van der Waals surface area contributed by atoms with Crippen LogP contribution < -0.4 is 26.8 Å². The topological polar surface area (TPSA) is 149 Å². The van der Waals surface area contributed by atoms with Gasteiger partial charge in [-0.15, -0.1) is 0 Å². The Morgan fingerprint density at radius 2 is 1.55 bits per heavy atom. The lowest BCUT2D eigenvalue weighted by molar-refractivity contribution is -0.129. The summed E-state index contributed by atoms with van der Waals surface area (Å²) >= 11 is 0. The van der Waals surface area contributed by atoms with Gasteiger partial charge in [0.15, 0.2) is 0 Å². The third kappa shape index (κ3) is 8.52. The molecule has 4 aromatic rings. The maximum absolute atomic E-state index is 14.1. The second-order valence-electron chi connectivity index (χ2n) is 10.6. The lowest BCUT2D eigenvalue weighted by Gasteiger charge is -2.24. The monoisotopic (exact) mass is 593 g/mol. The predicted octanol–water partition coefficient (Wildman–Crippen LogP) is 3.72. The van der Waals surface area contributed by atoms with Crippen molar-refractivity contribution in [3.8, 4) is 5.75 Å². The van der Waals surface area contributed by atoms with Gasteiger partial charge in [0.2, 0.25) is 17.7 Å². The second kappa shape index (κ2) is 15.5. The third-order valence-corrected chi connectivity index (χ3v) is 7.53. The average molecular weight is 594 g/mol.